The molecule has 1 atom stereocenters. The number of benzene rings is 1. The van der Waals surface area contributed by atoms with Gasteiger partial charge in [-0.25, -0.2) is 0 Å². The van der Waals surface area contributed by atoms with E-state index in [-0.39, 0.29) is 17.7 Å². The Morgan fingerprint density at radius 2 is 2.00 bits per heavy atom. The lowest BCUT2D eigenvalue weighted by Crippen LogP contribution is -2.34. The molecule has 1 aromatic rings. The Bertz CT molecular complexity index is 627. The molecule has 1 aliphatic carbocycles. The highest BCUT2D eigenvalue weighted by Gasteiger charge is 2.41. The normalized spacial score (nSPS) is 20.2. The quantitative estimate of drug-likeness (QED) is 0.819. The number of hydrogen-bond donors (Lipinski definition) is 1. The van der Waals surface area contributed by atoms with Crippen LogP contribution in [0.5, 0.6) is 11.5 Å². The molecule has 1 N–H and O–H groups in total. The van der Waals surface area contributed by atoms with Crippen LogP contribution < -0.4 is 14.8 Å². The van der Waals surface area contributed by atoms with Gasteiger partial charge in [-0.3, -0.25) is 9.59 Å². The van der Waals surface area contributed by atoms with Crippen molar-refractivity contribution in [1.82, 2.24) is 10.2 Å². The zero-order valence-corrected chi connectivity index (χ0v) is 14.2. The Balaban J connectivity index is 1.48. The van der Waals surface area contributed by atoms with Gasteiger partial charge >= 0.3 is 0 Å². The first kappa shape index (κ1) is 16.6. The molecule has 0 aromatic heterocycles. The Hall–Kier alpha value is -2.24. The molecule has 24 heavy (non-hydrogen) atoms. The van der Waals surface area contributed by atoms with Crippen molar-refractivity contribution in [2.75, 3.05) is 27.3 Å². The first-order valence-corrected chi connectivity index (χ1v) is 8.40. The van der Waals surface area contributed by atoms with Crippen LogP contribution in [0.3, 0.4) is 0 Å². The molecule has 2 fully saturated rings. The number of likely N-dealkylation sites (tertiary alicyclic amines) is 1. The second kappa shape index (κ2) is 7.11. The standard InChI is InChI=1S/C18H24N2O4/c1-23-15-6-3-12(9-16(15)24-2)7-8-19-18(22)13-10-17(21)20(11-13)14-4-5-14/h3,6,9,13-14H,4-5,7-8,10-11H2,1-2H3,(H,19,22). The van der Waals surface area contributed by atoms with Gasteiger partial charge in [0.1, 0.15) is 0 Å². The van der Waals surface area contributed by atoms with Crippen molar-refractivity contribution in [1.29, 1.82) is 0 Å². The molecule has 130 valence electrons. The molecule has 0 spiro atoms. The van der Waals surface area contributed by atoms with E-state index in [0.29, 0.717) is 43.5 Å². The molecular formula is C18H24N2O4. The molecule has 2 amide bonds. The van der Waals surface area contributed by atoms with Gasteiger partial charge in [0.2, 0.25) is 11.8 Å². The first-order valence-electron chi connectivity index (χ1n) is 8.40. The van der Waals surface area contributed by atoms with Crippen LogP contribution in [-0.2, 0) is 16.0 Å². The molecule has 1 saturated heterocycles. The van der Waals surface area contributed by atoms with Crippen molar-refractivity contribution in [2.45, 2.75) is 31.7 Å². The van der Waals surface area contributed by atoms with Crippen LogP contribution >= 0.6 is 0 Å². The smallest absolute Gasteiger partial charge is 0.225 e. The molecule has 2 aliphatic rings. The van der Waals surface area contributed by atoms with Crippen LogP contribution in [0.2, 0.25) is 0 Å². The maximum atomic E-state index is 12.3. The topological polar surface area (TPSA) is 67.9 Å². The van der Waals surface area contributed by atoms with Crippen molar-refractivity contribution < 1.29 is 19.1 Å². The molecule has 1 saturated carbocycles. The number of nitrogens with zero attached hydrogens (tertiary/aromatic N) is 1. The molecule has 6 heteroatoms. The number of carbonyl (C=O) groups is 2. The number of rotatable bonds is 7. The summed E-state index contributed by atoms with van der Waals surface area (Å²) in [6, 6.07) is 6.13. The van der Waals surface area contributed by atoms with Crippen LogP contribution in [0.1, 0.15) is 24.8 Å². The molecule has 1 aliphatic heterocycles. The summed E-state index contributed by atoms with van der Waals surface area (Å²) in [5.41, 5.74) is 1.06. The number of carbonyl (C=O) groups excluding carboxylic acids is 2. The number of nitrogens with one attached hydrogen (secondary N) is 1. The molecule has 6 nitrogen and oxygen atoms in total. The maximum Gasteiger partial charge on any atom is 0.225 e. The summed E-state index contributed by atoms with van der Waals surface area (Å²) in [7, 11) is 3.21. The third kappa shape index (κ3) is 3.63. The zero-order valence-electron chi connectivity index (χ0n) is 14.2. The monoisotopic (exact) mass is 332 g/mol. The second-order valence-electron chi connectivity index (χ2n) is 6.41. The average molecular weight is 332 g/mol. The molecule has 1 aromatic carbocycles. The van der Waals surface area contributed by atoms with E-state index in [4.69, 9.17) is 9.47 Å². The van der Waals surface area contributed by atoms with Crippen LogP contribution in [0.15, 0.2) is 18.2 Å². The van der Waals surface area contributed by atoms with Gasteiger partial charge in [0, 0.05) is 25.6 Å². The maximum absolute atomic E-state index is 12.3. The fourth-order valence-electron chi connectivity index (χ4n) is 3.16. The average Bonchev–Trinajstić information content (AvgIpc) is 3.36. The van der Waals surface area contributed by atoms with Crippen LogP contribution in [0, 0.1) is 5.92 Å². The van der Waals surface area contributed by atoms with Crippen molar-refractivity contribution in [3.05, 3.63) is 23.8 Å². The summed E-state index contributed by atoms with van der Waals surface area (Å²) in [5, 5.41) is 2.95. The van der Waals surface area contributed by atoms with E-state index in [0.717, 1.165) is 18.4 Å². The van der Waals surface area contributed by atoms with Crippen LogP contribution in [-0.4, -0.2) is 50.1 Å². The Labute approximate surface area is 142 Å². The summed E-state index contributed by atoms with van der Waals surface area (Å²) in [4.78, 5) is 26.0. The van der Waals surface area contributed by atoms with Crippen molar-refractivity contribution in [3.8, 4) is 11.5 Å². The lowest BCUT2D eigenvalue weighted by molar-refractivity contribution is -0.129. The van der Waals surface area contributed by atoms with Gasteiger partial charge in [0.25, 0.3) is 0 Å². The highest BCUT2D eigenvalue weighted by molar-refractivity contribution is 5.89. The van der Waals surface area contributed by atoms with Crippen molar-refractivity contribution in [2.24, 2.45) is 5.92 Å². The van der Waals surface area contributed by atoms with Gasteiger partial charge in [-0.2, -0.15) is 0 Å². The van der Waals surface area contributed by atoms with E-state index >= 15 is 0 Å². The van der Waals surface area contributed by atoms with Crippen molar-refractivity contribution >= 4 is 11.8 Å². The molecule has 0 radical (unpaired) electrons. The van der Waals surface area contributed by atoms with Crippen LogP contribution in [0.4, 0.5) is 0 Å². The summed E-state index contributed by atoms with van der Waals surface area (Å²) < 4.78 is 10.5. The minimum Gasteiger partial charge on any atom is -0.493 e. The van der Waals surface area contributed by atoms with Gasteiger partial charge in [-0.05, 0) is 37.0 Å². The summed E-state index contributed by atoms with van der Waals surface area (Å²) in [6.45, 7) is 1.12. The predicted molar refractivity (Wildman–Crippen MR) is 89.1 cm³/mol. The first-order chi connectivity index (χ1) is 11.6. The number of methoxy groups -OCH3 is 2. The lowest BCUT2D eigenvalue weighted by Gasteiger charge is -2.15. The SMILES string of the molecule is COc1ccc(CCNC(=O)C2CC(=O)N(C3CC3)C2)cc1OC. The van der Waals surface area contributed by atoms with E-state index in [2.05, 4.69) is 5.32 Å². The lowest BCUT2D eigenvalue weighted by atomic mass is 10.1. The summed E-state index contributed by atoms with van der Waals surface area (Å²) in [6.07, 6.45) is 3.22. The highest BCUT2D eigenvalue weighted by Crippen LogP contribution is 2.32. The van der Waals surface area contributed by atoms with E-state index in [9.17, 15) is 9.59 Å². The van der Waals surface area contributed by atoms with E-state index in [1.807, 2.05) is 23.1 Å². The molecule has 1 unspecified atom stereocenters. The van der Waals surface area contributed by atoms with E-state index in [1.54, 1.807) is 14.2 Å². The molecule has 1 heterocycles. The van der Waals surface area contributed by atoms with Gasteiger partial charge in [-0.1, -0.05) is 6.07 Å². The molecule has 3 rings (SSSR count). The third-order valence-corrected chi connectivity index (χ3v) is 4.68. The zero-order chi connectivity index (χ0) is 17.1. The summed E-state index contributed by atoms with van der Waals surface area (Å²) in [5.74, 6) is 1.27. The number of hydrogen-bond acceptors (Lipinski definition) is 4. The van der Waals surface area contributed by atoms with E-state index in [1.165, 1.54) is 0 Å². The minimum atomic E-state index is -0.205. The fraction of sp³-hybridized carbons (Fsp3) is 0.556. The number of ether oxygens (including phenoxy) is 2. The molecular weight excluding hydrogens is 308 g/mol. The Morgan fingerprint density at radius 1 is 1.25 bits per heavy atom. The van der Waals surface area contributed by atoms with Crippen LogP contribution in [0.25, 0.3) is 0 Å². The highest BCUT2D eigenvalue weighted by atomic mass is 16.5. The minimum absolute atomic E-state index is 0.0213. The van der Waals surface area contributed by atoms with E-state index < -0.39 is 0 Å². The van der Waals surface area contributed by atoms with Crippen molar-refractivity contribution in [3.63, 3.8) is 0 Å². The Kier molecular flexibility index (Phi) is 4.92. The van der Waals surface area contributed by atoms with Gasteiger partial charge in [0.15, 0.2) is 11.5 Å². The fourth-order valence-corrected chi connectivity index (χ4v) is 3.16. The Morgan fingerprint density at radius 3 is 2.67 bits per heavy atom. The predicted octanol–water partition coefficient (Wildman–Crippen LogP) is 1.37. The molecule has 0 bridgehead atoms. The van der Waals surface area contributed by atoms with Gasteiger partial charge in [0.05, 0.1) is 20.1 Å². The number of amides is 2. The largest absolute Gasteiger partial charge is 0.493 e. The third-order valence-electron chi connectivity index (χ3n) is 4.68. The second-order valence-corrected chi connectivity index (χ2v) is 6.41. The van der Waals surface area contributed by atoms with Gasteiger partial charge in [-0.15, -0.1) is 0 Å². The summed E-state index contributed by atoms with van der Waals surface area (Å²) >= 11 is 0. The van der Waals surface area contributed by atoms with Gasteiger partial charge < -0.3 is 19.7 Å².